The van der Waals surface area contributed by atoms with Gasteiger partial charge in [0.15, 0.2) is 0 Å². The molecule has 0 saturated carbocycles. The molecule has 1 saturated heterocycles. The molecule has 1 rings (SSSR count). The second-order valence-electron chi connectivity index (χ2n) is 3.87. The van der Waals surface area contributed by atoms with Crippen LogP contribution in [0.1, 0.15) is 13.3 Å². The van der Waals surface area contributed by atoms with Crippen LogP contribution in [0.3, 0.4) is 0 Å². The summed E-state index contributed by atoms with van der Waals surface area (Å²) in [6, 6.07) is 0. The predicted octanol–water partition coefficient (Wildman–Crippen LogP) is 1.64. The molecule has 0 aromatic rings. The minimum Gasteiger partial charge on any atom is -0.430 e. The molecule has 0 bridgehead atoms. The van der Waals surface area contributed by atoms with E-state index < -0.39 is 6.16 Å². The Morgan fingerprint density at radius 3 is 3.00 bits per heavy atom. The summed E-state index contributed by atoms with van der Waals surface area (Å²) < 4.78 is 9.80. The lowest BCUT2D eigenvalue weighted by atomic mass is 10.0. The second-order valence-corrected chi connectivity index (χ2v) is 3.87. The van der Waals surface area contributed by atoms with Crippen LogP contribution < -0.4 is 0 Å². The fraction of sp³-hybridized carbons (Fsp3) is 0.636. The van der Waals surface area contributed by atoms with E-state index >= 15 is 0 Å². The Hall–Kier alpha value is -1.52. The van der Waals surface area contributed by atoms with Crippen LogP contribution >= 0.6 is 0 Å². The van der Waals surface area contributed by atoms with Crippen molar-refractivity contribution < 1.29 is 14.3 Å². The SMILES string of the molecule is C=CCOC(=O)OC(C)C1CCN(C)C1=N. The number of ether oxygens (including phenoxy) is 2. The average Bonchev–Trinajstić information content (AvgIpc) is 2.57. The first-order valence-electron chi connectivity index (χ1n) is 5.30. The van der Waals surface area contributed by atoms with Gasteiger partial charge in [-0.2, -0.15) is 0 Å². The van der Waals surface area contributed by atoms with Gasteiger partial charge in [-0.3, -0.25) is 5.41 Å². The quantitative estimate of drug-likeness (QED) is 0.584. The lowest BCUT2D eigenvalue weighted by Crippen LogP contribution is -2.31. The van der Waals surface area contributed by atoms with Crippen LogP contribution in [0.25, 0.3) is 0 Å². The highest BCUT2D eigenvalue weighted by atomic mass is 16.7. The predicted molar refractivity (Wildman–Crippen MR) is 60.6 cm³/mol. The largest absolute Gasteiger partial charge is 0.508 e. The Labute approximate surface area is 95.5 Å². The minimum atomic E-state index is -0.699. The van der Waals surface area contributed by atoms with Crippen LogP contribution in [0, 0.1) is 11.3 Å². The first-order chi connectivity index (χ1) is 7.56. The number of rotatable bonds is 4. The van der Waals surface area contributed by atoms with E-state index in [4.69, 9.17) is 14.9 Å². The summed E-state index contributed by atoms with van der Waals surface area (Å²) in [5.74, 6) is 0.491. The van der Waals surface area contributed by atoms with Gasteiger partial charge < -0.3 is 14.4 Å². The molecule has 5 heteroatoms. The molecule has 2 atom stereocenters. The third kappa shape index (κ3) is 2.98. The minimum absolute atomic E-state index is 0.0266. The molecule has 1 N–H and O–H groups in total. The summed E-state index contributed by atoms with van der Waals surface area (Å²) in [5, 5.41) is 7.80. The summed E-state index contributed by atoms with van der Waals surface area (Å²) >= 11 is 0. The van der Waals surface area contributed by atoms with Crippen molar-refractivity contribution in [1.29, 1.82) is 5.41 Å². The smallest absolute Gasteiger partial charge is 0.430 e. The molecule has 0 aromatic heterocycles. The molecule has 0 radical (unpaired) electrons. The third-order valence-corrected chi connectivity index (χ3v) is 2.71. The van der Waals surface area contributed by atoms with Gasteiger partial charge in [-0.15, -0.1) is 0 Å². The molecule has 1 heterocycles. The van der Waals surface area contributed by atoms with Crippen molar-refractivity contribution in [2.24, 2.45) is 5.92 Å². The molecular formula is C11H18N2O3. The van der Waals surface area contributed by atoms with Crippen LogP contribution in [0.4, 0.5) is 4.79 Å². The number of nitrogens with one attached hydrogen (secondary N) is 1. The number of nitrogens with zero attached hydrogens (tertiary/aromatic N) is 1. The van der Waals surface area contributed by atoms with E-state index in [-0.39, 0.29) is 18.6 Å². The van der Waals surface area contributed by atoms with Crippen molar-refractivity contribution in [3.05, 3.63) is 12.7 Å². The summed E-state index contributed by atoms with van der Waals surface area (Å²) in [6.07, 6.45) is 1.30. The van der Waals surface area contributed by atoms with Gasteiger partial charge in [-0.1, -0.05) is 12.7 Å². The first-order valence-corrected chi connectivity index (χ1v) is 5.30. The van der Waals surface area contributed by atoms with Gasteiger partial charge >= 0.3 is 6.16 Å². The normalized spacial score (nSPS) is 21.8. The van der Waals surface area contributed by atoms with E-state index in [1.54, 1.807) is 6.92 Å². The molecule has 1 aliphatic heterocycles. The highest BCUT2D eigenvalue weighted by molar-refractivity contribution is 5.84. The molecule has 0 amide bonds. The van der Waals surface area contributed by atoms with E-state index in [1.165, 1.54) is 6.08 Å². The van der Waals surface area contributed by atoms with Crippen LogP contribution in [0.5, 0.6) is 0 Å². The number of likely N-dealkylation sites (tertiary alicyclic amines) is 1. The molecule has 16 heavy (non-hydrogen) atoms. The van der Waals surface area contributed by atoms with Gasteiger partial charge in [0.1, 0.15) is 18.5 Å². The van der Waals surface area contributed by atoms with Crippen LogP contribution in [-0.4, -0.2) is 43.2 Å². The van der Waals surface area contributed by atoms with E-state index in [2.05, 4.69) is 6.58 Å². The number of amidine groups is 1. The summed E-state index contributed by atoms with van der Waals surface area (Å²) in [4.78, 5) is 13.0. The summed E-state index contributed by atoms with van der Waals surface area (Å²) in [7, 11) is 1.87. The topological polar surface area (TPSA) is 62.6 Å². The number of hydrogen-bond donors (Lipinski definition) is 1. The van der Waals surface area contributed by atoms with Crippen LogP contribution in [-0.2, 0) is 9.47 Å². The Bertz CT molecular complexity index is 291. The summed E-state index contributed by atoms with van der Waals surface area (Å²) in [5.41, 5.74) is 0. The molecule has 0 aliphatic carbocycles. The Kier molecular flexibility index (Phi) is 4.34. The maximum absolute atomic E-state index is 11.2. The third-order valence-electron chi connectivity index (χ3n) is 2.71. The van der Waals surface area contributed by atoms with E-state index in [0.29, 0.717) is 5.84 Å². The fourth-order valence-electron chi connectivity index (χ4n) is 1.72. The molecule has 1 aliphatic rings. The van der Waals surface area contributed by atoms with Crippen molar-refractivity contribution in [2.45, 2.75) is 19.4 Å². The molecule has 0 spiro atoms. The Balaban J connectivity index is 2.40. The zero-order valence-corrected chi connectivity index (χ0v) is 9.73. The summed E-state index contributed by atoms with van der Waals surface area (Å²) in [6.45, 7) is 6.20. The monoisotopic (exact) mass is 226 g/mol. The molecule has 90 valence electrons. The van der Waals surface area contributed by atoms with Gasteiger partial charge in [-0.05, 0) is 13.3 Å². The van der Waals surface area contributed by atoms with Gasteiger partial charge in [0, 0.05) is 13.6 Å². The van der Waals surface area contributed by atoms with Crippen molar-refractivity contribution in [3.8, 4) is 0 Å². The van der Waals surface area contributed by atoms with Gasteiger partial charge in [0.2, 0.25) is 0 Å². The number of carbonyl (C=O) groups excluding carboxylic acids is 1. The van der Waals surface area contributed by atoms with E-state index in [0.717, 1.165) is 13.0 Å². The standard InChI is InChI=1S/C11H18N2O3/c1-4-7-15-11(14)16-8(2)9-5-6-13(3)10(9)12/h4,8-9,12H,1,5-7H2,2-3H3. The van der Waals surface area contributed by atoms with Crippen LogP contribution in [0.15, 0.2) is 12.7 Å². The van der Waals surface area contributed by atoms with Crippen molar-refractivity contribution in [1.82, 2.24) is 4.90 Å². The number of carbonyl (C=O) groups is 1. The van der Waals surface area contributed by atoms with E-state index in [1.807, 2.05) is 11.9 Å². The second kappa shape index (κ2) is 5.53. The highest BCUT2D eigenvalue weighted by Gasteiger charge is 2.32. The zero-order chi connectivity index (χ0) is 12.1. The molecule has 5 nitrogen and oxygen atoms in total. The molecule has 1 fully saturated rings. The van der Waals surface area contributed by atoms with Crippen molar-refractivity contribution in [2.75, 3.05) is 20.2 Å². The zero-order valence-electron chi connectivity index (χ0n) is 9.73. The van der Waals surface area contributed by atoms with Gasteiger partial charge in [-0.25, -0.2) is 4.79 Å². The first kappa shape index (κ1) is 12.5. The van der Waals surface area contributed by atoms with Gasteiger partial charge in [0.25, 0.3) is 0 Å². The van der Waals surface area contributed by atoms with Gasteiger partial charge in [0.05, 0.1) is 5.92 Å². The fourth-order valence-corrected chi connectivity index (χ4v) is 1.72. The number of hydrogen-bond acceptors (Lipinski definition) is 4. The molecule has 0 aromatic carbocycles. The Morgan fingerprint density at radius 1 is 1.81 bits per heavy atom. The maximum Gasteiger partial charge on any atom is 0.508 e. The van der Waals surface area contributed by atoms with Crippen molar-refractivity contribution in [3.63, 3.8) is 0 Å². The highest BCUT2D eigenvalue weighted by Crippen LogP contribution is 2.22. The lowest BCUT2D eigenvalue weighted by molar-refractivity contribution is 0.0250. The molecular weight excluding hydrogens is 208 g/mol. The lowest BCUT2D eigenvalue weighted by Gasteiger charge is -2.20. The van der Waals surface area contributed by atoms with Crippen LogP contribution in [0.2, 0.25) is 0 Å². The van der Waals surface area contributed by atoms with E-state index in [9.17, 15) is 4.79 Å². The Morgan fingerprint density at radius 2 is 2.50 bits per heavy atom. The maximum atomic E-state index is 11.2. The average molecular weight is 226 g/mol. The van der Waals surface area contributed by atoms with Crippen molar-refractivity contribution >= 4 is 12.0 Å². The molecule has 2 unspecified atom stereocenters.